The molecule has 0 aliphatic carbocycles. The Bertz CT molecular complexity index is 93.5. The summed E-state index contributed by atoms with van der Waals surface area (Å²) in [4.78, 5) is 0. The molecule has 0 amide bonds. The van der Waals surface area contributed by atoms with Crippen molar-refractivity contribution in [2.24, 2.45) is 21.9 Å². The van der Waals surface area contributed by atoms with Crippen molar-refractivity contribution in [1.29, 1.82) is 0 Å². The molecule has 1 rings (SSSR count). The third kappa shape index (κ3) is 0.838. The van der Waals surface area contributed by atoms with Gasteiger partial charge in [0.25, 0.3) is 0 Å². The van der Waals surface area contributed by atoms with Crippen LogP contribution >= 0.6 is 0 Å². The topological polar surface area (TPSA) is 50.7 Å². The van der Waals surface area contributed by atoms with Crippen LogP contribution in [0.25, 0.3) is 0 Å². The van der Waals surface area contributed by atoms with E-state index in [-0.39, 0.29) is 0 Å². The van der Waals surface area contributed by atoms with E-state index in [9.17, 15) is 0 Å². The van der Waals surface area contributed by atoms with Gasteiger partial charge in [0.1, 0.15) is 0 Å². The summed E-state index contributed by atoms with van der Waals surface area (Å²) >= 11 is 0. The fourth-order valence-electron chi connectivity index (χ4n) is 0.408. The highest BCUT2D eigenvalue weighted by molar-refractivity contribution is 5.86. The molecule has 2 N–H and O–H groups in total. The molecule has 0 aromatic carbocycles. The summed E-state index contributed by atoms with van der Waals surface area (Å²) in [5.74, 6) is 0.292. The molecule has 0 radical (unpaired) electrons. The van der Waals surface area contributed by atoms with Crippen molar-refractivity contribution in [2.45, 2.75) is 0 Å². The first-order valence-electron chi connectivity index (χ1n) is 2.20. The summed E-state index contributed by atoms with van der Waals surface area (Å²) < 4.78 is 0. The highest BCUT2D eigenvalue weighted by Crippen LogP contribution is 1.91. The van der Waals surface area contributed by atoms with E-state index in [0.29, 0.717) is 12.5 Å². The van der Waals surface area contributed by atoms with Crippen LogP contribution in [0.1, 0.15) is 0 Å². The molecule has 7 heavy (non-hydrogen) atoms. The summed E-state index contributed by atoms with van der Waals surface area (Å²) in [6.45, 7) is 0.618. The molecule has 3 heteroatoms. The SMILES string of the molecule is NCC1C=NN=C1. The van der Waals surface area contributed by atoms with Crippen molar-refractivity contribution in [1.82, 2.24) is 0 Å². The summed E-state index contributed by atoms with van der Waals surface area (Å²) in [5.41, 5.74) is 5.25. The average molecular weight is 97.1 g/mol. The molecular formula is C4H7N3. The van der Waals surface area contributed by atoms with Crippen LogP contribution in [0, 0.1) is 5.92 Å². The van der Waals surface area contributed by atoms with Crippen LogP contribution in [0.15, 0.2) is 10.2 Å². The largest absolute Gasteiger partial charge is 0.329 e. The van der Waals surface area contributed by atoms with Crippen molar-refractivity contribution in [3.05, 3.63) is 0 Å². The van der Waals surface area contributed by atoms with Crippen LogP contribution in [0.2, 0.25) is 0 Å². The number of hydrogen-bond donors (Lipinski definition) is 1. The maximum Gasteiger partial charge on any atom is 0.0456 e. The first kappa shape index (κ1) is 4.46. The fourth-order valence-corrected chi connectivity index (χ4v) is 0.408. The molecule has 0 unspecified atom stereocenters. The minimum atomic E-state index is 0.292. The molecule has 1 heterocycles. The zero-order chi connectivity index (χ0) is 5.11. The van der Waals surface area contributed by atoms with E-state index in [4.69, 9.17) is 5.73 Å². The van der Waals surface area contributed by atoms with Gasteiger partial charge in [-0.15, -0.1) is 0 Å². The molecule has 1 aliphatic rings. The van der Waals surface area contributed by atoms with Crippen molar-refractivity contribution in [2.75, 3.05) is 6.54 Å². The molecule has 0 saturated carbocycles. The van der Waals surface area contributed by atoms with Gasteiger partial charge in [-0.25, -0.2) is 0 Å². The summed E-state index contributed by atoms with van der Waals surface area (Å²) in [7, 11) is 0. The van der Waals surface area contributed by atoms with Crippen molar-refractivity contribution in [3.63, 3.8) is 0 Å². The van der Waals surface area contributed by atoms with E-state index in [0.717, 1.165) is 0 Å². The van der Waals surface area contributed by atoms with Gasteiger partial charge in [0.15, 0.2) is 0 Å². The molecule has 0 saturated heterocycles. The van der Waals surface area contributed by atoms with E-state index < -0.39 is 0 Å². The second-order valence-corrected chi connectivity index (χ2v) is 1.43. The summed E-state index contributed by atoms with van der Waals surface area (Å²) in [5, 5.41) is 7.20. The highest BCUT2D eigenvalue weighted by atomic mass is 15.2. The van der Waals surface area contributed by atoms with E-state index in [1.54, 1.807) is 12.4 Å². The quantitative estimate of drug-likeness (QED) is 0.477. The van der Waals surface area contributed by atoms with E-state index in [1.807, 2.05) is 0 Å². The predicted octanol–water partition coefficient (Wildman–Crippen LogP) is -0.369. The Morgan fingerprint density at radius 3 is 2.29 bits per heavy atom. The Hall–Kier alpha value is -0.700. The molecule has 0 fully saturated rings. The van der Waals surface area contributed by atoms with Gasteiger partial charge in [0.05, 0.1) is 0 Å². The minimum absolute atomic E-state index is 0.292. The Morgan fingerprint density at radius 1 is 1.43 bits per heavy atom. The maximum atomic E-state index is 5.25. The lowest BCUT2D eigenvalue weighted by molar-refractivity contribution is 0.952. The monoisotopic (exact) mass is 97.1 g/mol. The van der Waals surface area contributed by atoms with E-state index in [2.05, 4.69) is 10.2 Å². The Morgan fingerprint density at radius 2 is 2.00 bits per heavy atom. The second-order valence-electron chi connectivity index (χ2n) is 1.43. The van der Waals surface area contributed by atoms with E-state index in [1.165, 1.54) is 0 Å². The molecule has 0 atom stereocenters. The molecule has 3 nitrogen and oxygen atoms in total. The Labute approximate surface area is 41.9 Å². The normalized spacial score (nSPS) is 19.0. The smallest absolute Gasteiger partial charge is 0.0456 e. The number of nitrogens with zero attached hydrogens (tertiary/aromatic N) is 2. The van der Waals surface area contributed by atoms with Crippen LogP contribution in [0.5, 0.6) is 0 Å². The van der Waals surface area contributed by atoms with Gasteiger partial charge >= 0.3 is 0 Å². The lowest BCUT2D eigenvalue weighted by atomic mass is 10.2. The molecule has 0 bridgehead atoms. The van der Waals surface area contributed by atoms with Gasteiger partial charge in [-0.2, -0.15) is 10.2 Å². The third-order valence-corrected chi connectivity index (χ3v) is 0.855. The van der Waals surface area contributed by atoms with Crippen LogP contribution < -0.4 is 5.73 Å². The zero-order valence-electron chi connectivity index (χ0n) is 3.91. The Kier molecular flexibility index (Phi) is 1.17. The second kappa shape index (κ2) is 1.84. The van der Waals surface area contributed by atoms with Crippen molar-refractivity contribution in [3.8, 4) is 0 Å². The minimum Gasteiger partial charge on any atom is -0.329 e. The van der Waals surface area contributed by atoms with Crippen LogP contribution in [0.4, 0.5) is 0 Å². The maximum absolute atomic E-state index is 5.25. The van der Waals surface area contributed by atoms with Crippen LogP contribution in [-0.4, -0.2) is 19.0 Å². The molecule has 38 valence electrons. The highest BCUT2D eigenvalue weighted by Gasteiger charge is 2.00. The molecule has 0 spiro atoms. The lowest BCUT2D eigenvalue weighted by Gasteiger charge is -1.89. The Balaban J connectivity index is 2.44. The first-order chi connectivity index (χ1) is 3.43. The lowest BCUT2D eigenvalue weighted by Crippen LogP contribution is -2.14. The van der Waals surface area contributed by atoms with Gasteiger partial charge in [0, 0.05) is 24.9 Å². The fraction of sp³-hybridized carbons (Fsp3) is 0.500. The van der Waals surface area contributed by atoms with Gasteiger partial charge in [-0.1, -0.05) is 0 Å². The number of nitrogens with two attached hydrogens (primary N) is 1. The van der Waals surface area contributed by atoms with Crippen molar-refractivity contribution >= 4 is 12.4 Å². The van der Waals surface area contributed by atoms with Gasteiger partial charge in [-0.05, 0) is 0 Å². The van der Waals surface area contributed by atoms with Crippen LogP contribution in [-0.2, 0) is 0 Å². The zero-order valence-corrected chi connectivity index (χ0v) is 3.91. The van der Waals surface area contributed by atoms with Crippen molar-refractivity contribution < 1.29 is 0 Å². The molecule has 0 aromatic heterocycles. The third-order valence-electron chi connectivity index (χ3n) is 0.855. The summed E-state index contributed by atoms with van der Waals surface area (Å²) in [6, 6.07) is 0. The average Bonchev–Trinajstić information content (AvgIpc) is 2.14. The summed E-state index contributed by atoms with van der Waals surface area (Å²) in [6.07, 6.45) is 3.47. The first-order valence-corrected chi connectivity index (χ1v) is 2.20. The molecule has 0 aromatic rings. The molecular weight excluding hydrogens is 90.1 g/mol. The van der Waals surface area contributed by atoms with Gasteiger partial charge in [0.2, 0.25) is 0 Å². The molecule has 1 aliphatic heterocycles. The van der Waals surface area contributed by atoms with Gasteiger partial charge in [-0.3, -0.25) is 0 Å². The standard InChI is InChI=1S/C4H7N3/c5-1-4-2-6-7-3-4/h2-4H,1,5H2. The number of hydrogen-bond acceptors (Lipinski definition) is 3. The predicted molar refractivity (Wildman–Crippen MR) is 29.5 cm³/mol. The van der Waals surface area contributed by atoms with E-state index >= 15 is 0 Å². The number of rotatable bonds is 1. The van der Waals surface area contributed by atoms with Gasteiger partial charge < -0.3 is 5.73 Å². The van der Waals surface area contributed by atoms with Crippen LogP contribution in [0.3, 0.4) is 0 Å².